The van der Waals surface area contributed by atoms with Gasteiger partial charge in [-0.3, -0.25) is 0 Å². The van der Waals surface area contributed by atoms with Gasteiger partial charge in [0.05, 0.1) is 11.2 Å². The molecule has 2 aromatic rings. The van der Waals surface area contributed by atoms with E-state index in [9.17, 15) is 0 Å². The lowest BCUT2D eigenvalue weighted by atomic mass is 9.82. The number of fused-ring (bicyclic) bond motifs is 1. The van der Waals surface area contributed by atoms with Crippen LogP contribution in [0.2, 0.25) is 0 Å². The van der Waals surface area contributed by atoms with E-state index in [-0.39, 0.29) is 0 Å². The van der Waals surface area contributed by atoms with Crippen LogP contribution < -0.4 is 11.3 Å². The Bertz CT molecular complexity index is 620. The van der Waals surface area contributed by atoms with Gasteiger partial charge in [-0.25, -0.2) is 0 Å². The quantitative estimate of drug-likeness (QED) is 0.624. The van der Waals surface area contributed by atoms with Crippen LogP contribution in [-0.4, -0.2) is 23.5 Å². The molecule has 1 saturated heterocycles. The zero-order valence-electron chi connectivity index (χ0n) is 11.6. The van der Waals surface area contributed by atoms with E-state index >= 15 is 0 Å². The highest BCUT2D eigenvalue weighted by molar-refractivity contribution is 6.64. The highest BCUT2D eigenvalue weighted by atomic mass is 16.7. The Morgan fingerprint density at radius 1 is 1.11 bits per heavy atom. The summed E-state index contributed by atoms with van der Waals surface area (Å²) in [5, 5.41) is 4.90. The molecule has 0 bridgehead atoms. The predicted molar refractivity (Wildman–Crippen MR) is 74.1 cm³/mol. The fourth-order valence-corrected chi connectivity index (χ4v) is 2.10. The molecule has 0 atom stereocenters. The SMILES string of the molecule is CC1(C)OB(c2noc3ccc(N)cc23)OC1(C)C. The molecule has 2 N–H and O–H groups in total. The molecule has 0 saturated carbocycles. The van der Waals surface area contributed by atoms with Crippen molar-refractivity contribution in [1.29, 1.82) is 0 Å². The van der Waals surface area contributed by atoms with Gasteiger partial charge in [0.25, 0.3) is 0 Å². The minimum Gasteiger partial charge on any atom is -0.399 e. The highest BCUT2D eigenvalue weighted by Gasteiger charge is 2.53. The lowest BCUT2D eigenvalue weighted by Gasteiger charge is -2.32. The minimum absolute atomic E-state index is 0.400. The smallest absolute Gasteiger partial charge is 0.399 e. The van der Waals surface area contributed by atoms with Crippen molar-refractivity contribution in [2.75, 3.05) is 5.73 Å². The van der Waals surface area contributed by atoms with Gasteiger partial charge in [-0.05, 0) is 45.9 Å². The summed E-state index contributed by atoms with van der Waals surface area (Å²) >= 11 is 0. The maximum absolute atomic E-state index is 5.97. The molecule has 2 heterocycles. The average molecular weight is 260 g/mol. The summed E-state index contributed by atoms with van der Waals surface area (Å²) in [5.74, 6) is 0. The van der Waals surface area contributed by atoms with Crippen molar-refractivity contribution in [3.63, 3.8) is 0 Å². The standard InChI is InChI=1S/C13H17BN2O3/c1-12(2)13(3,4)19-14(18-12)11-9-7-8(15)5-6-10(9)17-16-11/h5-7H,15H2,1-4H3. The summed E-state index contributed by atoms with van der Waals surface area (Å²) < 4.78 is 17.2. The Balaban J connectivity index is 2.05. The third-order valence-corrected chi connectivity index (χ3v) is 4.00. The summed E-state index contributed by atoms with van der Waals surface area (Å²) in [6.07, 6.45) is 0. The number of aromatic nitrogens is 1. The summed E-state index contributed by atoms with van der Waals surface area (Å²) in [5.41, 5.74) is 6.99. The molecule has 19 heavy (non-hydrogen) atoms. The van der Waals surface area contributed by atoms with Crippen LogP contribution in [0.1, 0.15) is 27.7 Å². The van der Waals surface area contributed by atoms with Gasteiger partial charge in [-0.15, -0.1) is 0 Å². The van der Waals surface area contributed by atoms with E-state index < -0.39 is 18.3 Å². The van der Waals surface area contributed by atoms with Crippen molar-refractivity contribution in [3.8, 4) is 0 Å². The number of anilines is 1. The van der Waals surface area contributed by atoms with E-state index in [2.05, 4.69) is 5.16 Å². The number of hydrogen-bond donors (Lipinski definition) is 1. The van der Waals surface area contributed by atoms with Gasteiger partial charge in [0.2, 0.25) is 0 Å². The zero-order chi connectivity index (χ0) is 13.8. The van der Waals surface area contributed by atoms with E-state index in [4.69, 9.17) is 19.6 Å². The van der Waals surface area contributed by atoms with Gasteiger partial charge in [-0.1, -0.05) is 5.16 Å². The first-order chi connectivity index (χ1) is 8.80. The second-order valence-corrected chi connectivity index (χ2v) is 5.91. The second kappa shape index (κ2) is 3.74. The molecule has 0 unspecified atom stereocenters. The molecule has 0 radical (unpaired) electrons. The van der Waals surface area contributed by atoms with Crippen molar-refractivity contribution < 1.29 is 13.8 Å². The van der Waals surface area contributed by atoms with Crippen LogP contribution in [0.4, 0.5) is 5.69 Å². The first-order valence-corrected chi connectivity index (χ1v) is 6.31. The molecule has 1 aromatic heterocycles. The Morgan fingerprint density at radius 3 is 2.37 bits per heavy atom. The van der Waals surface area contributed by atoms with Crippen LogP contribution >= 0.6 is 0 Å². The maximum Gasteiger partial charge on any atom is 0.518 e. The molecule has 1 aromatic carbocycles. The molecule has 100 valence electrons. The Hall–Kier alpha value is -1.53. The molecule has 1 aliphatic rings. The normalized spacial score (nSPS) is 21.2. The number of nitrogen functional groups attached to an aromatic ring is 1. The fraction of sp³-hybridized carbons (Fsp3) is 0.462. The van der Waals surface area contributed by atoms with Gasteiger partial charge in [-0.2, -0.15) is 0 Å². The molecule has 0 amide bonds. The Kier molecular flexibility index (Phi) is 2.46. The molecular formula is C13H17BN2O3. The van der Waals surface area contributed by atoms with Gasteiger partial charge in [0, 0.05) is 11.1 Å². The molecule has 6 heteroatoms. The zero-order valence-corrected chi connectivity index (χ0v) is 11.6. The van der Waals surface area contributed by atoms with Crippen molar-refractivity contribution in [1.82, 2.24) is 5.16 Å². The van der Waals surface area contributed by atoms with Crippen LogP contribution in [-0.2, 0) is 9.31 Å². The lowest BCUT2D eigenvalue weighted by molar-refractivity contribution is 0.00578. The monoisotopic (exact) mass is 260 g/mol. The van der Waals surface area contributed by atoms with Gasteiger partial charge in [0.15, 0.2) is 5.58 Å². The lowest BCUT2D eigenvalue weighted by Crippen LogP contribution is -2.41. The Labute approximate surface area is 112 Å². The van der Waals surface area contributed by atoms with Crippen molar-refractivity contribution in [2.24, 2.45) is 0 Å². The van der Waals surface area contributed by atoms with E-state index in [1.807, 2.05) is 33.8 Å². The molecular weight excluding hydrogens is 243 g/mol. The third kappa shape index (κ3) is 1.83. The van der Waals surface area contributed by atoms with Gasteiger partial charge >= 0.3 is 7.12 Å². The Morgan fingerprint density at radius 2 is 1.74 bits per heavy atom. The predicted octanol–water partition coefficient (Wildman–Crippen LogP) is 1.71. The van der Waals surface area contributed by atoms with Crippen LogP contribution in [0.5, 0.6) is 0 Å². The van der Waals surface area contributed by atoms with Crippen LogP contribution in [0.15, 0.2) is 22.7 Å². The summed E-state index contributed by atoms with van der Waals surface area (Å²) in [6.45, 7) is 8.01. The highest BCUT2D eigenvalue weighted by Crippen LogP contribution is 2.36. The molecule has 3 rings (SSSR count). The summed E-state index contributed by atoms with van der Waals surface area (Å²) in [6, 6.07) is 5.40. The minimum atomic E-state index is -0.534. The summed E-state index contributed by atoms with van der Waals surface area (Å²) in [7, 11) is -0.534. The van der Waals surface area contributed by atoms with Crippen molar-refractivity contribution in [3.05, 3.63) is 18.2 Å². The molecule has 5 nitrogen and oxygen atoms in total. The topological polar surface area (TPSA) is 70.5 Å². The first-order valence-electron chi connectivity index (χ1n) is 6.31. The van der Waals surface area contributed by atoms with Crippen LogP contribution in [0.25, 0.3) is 11.0 Å². The number of nitrogens with zero attached hydrogens (tertiary/aromatic N) is 1. The van der Waals surface area contributed by atoms with E-state index in [0.717, 1.165) is 5.39 Å². The third-order valence-electron chi connectivity index (χ3n) is 4.00. The number of benzene rings is 1. The summed E-state index contributed by atoms with van der Waals surface area (Å²) in [4.78, 5) is 0. The van der Waals surface area contributed by atoms with E-state index in [0.29, 0.717) is 16.9 Å². The van der Waals surface area contributed by atoms with Gasteiger partial charge in [0.1, 0.15) is 5.59 Å². The fourth-order valence-electron chi connectivity index (χ4n) is 2.10. The van der Waals surface area contributed by atoms with Crippen LogP contribution in [0.3, 0.4) is 0 Å². The number of hydrogen-bond acceptors (Lipinski definition) is 5. The first kappa shape index (κ1) is 12.5. The average Bonchev–Trinajstić information content (AvgIpc) is 2.77. The van der Waals surface area contributed by atoms with Gasteiger partial charge < -0.3 is 19.6 Å². The van der Waals surface area contributed by atoms with Crippen molar-refractivity contribution in [2.45, 2.75) is 38.9 Å². The van der Waals surface area contributed by atoms with E-state index in [1.54, 1.807) is 12.1 Å². The second-order valence-electron chi connectivity index (χ2n) is 5.91. The molecule has 0 spiro atoms. The number of nitrogens with two attached hydrogens (primary N) is 1. The number of rotatable bonds is 1. The molecule has 1 fully saturated rings. The van der Waals surface area contributed by atoms with E-state index in [1.165, 1.54) is 0 Å². The molecule has 0 aliphatic carbocycles. The largest absolute Gasteiger partial charge is 0.518 e. The van der Waals surface area contributed by atoms with Crippen molar-refractivity contribution >= 4 is 29.4 Å². The molecule has 1 aliphatic heterocycles. The maximum atomic E-state index is 5.97. The van der Waals surface area contributed by atoms with Crippen LogP contribution in [0, 0.1) is 0 Å².